The van der Waals surface area contributed by atoms with Crippen molar-refractivity contribution in [3.05, 3.63) is 59.2 Å². The number of hydrogen-bond donors (Lipinski definition) is 0. The first-order valence-electron chi connectivity index (χ1n) is 9.41. The Bertz CT molecular complexity index is 776. The normalized spacial score (nSPS) is 16.4. The van der Waals surface area contributed by atoms with E-state index in [1.165, 1.54) is 18.4 Å². The predicted molar refractivity (Wildman–Crippen MR) is 111 cm³/mol. The molecule has 1 saturated heterocycles. The van der Waals surface area contributed by atoms with E-state index in [0.29, 0.717) is 0 Å². The molecule has 0 N–H and O–H groups in total. The number of thioether (sulfide) groups is 1. The standard InChI is InChI=1S/C22H27NO3S/c1-4-5-6-16-7-9-17(10-8-16)21(24)23-13-14-27-22(23)19-12-11-18(25-2)15-20(19)26-3/h7-12,15,22H,4-6,13-14H2,1-3H3/t22-/m0/s1. The zero-order valence-corrected chi connectivity index (χ0v) is 17.1. The lowest BCUT2D eigenvalue weighted by atomic mass is 10.1. The van der Waals surface area contributed by atoms with Gasteiger partial charge in [-0.25, -0.2) is 0 Å². The van der Waals surface area contributed by atoms with Crippen molar-refractivity contribution in [2.24, 2.45) is 0 Å². The number of rotatable bonds is 7. The van der Waals surface area contributed by atoms with Crippen LogP contribution in [0.4, 0.5) is 0 Å². The highest BCUT2D eigenvalue weighted by atomic mass is 32.2. The van der Waals surface area contributed by atoms with Crippen LogP contribution in [0.5, 0.6) is 11.5 Å². The Kier molecular flexibility index (Phi) is 6.67. The van der Waals surface area contributed by atoms with Gasteiger partial charge in [0.2, 0.25) is 0 Å². The molecule has 3 rings (SSSR count). The summed E-state index contributed by atoms with van der Waals surface area (Å²) in [6.45, 7) is 2.93. The molecule has 1 aliphatic heterocycles. The van der Waals surface area contributed by atoms with Crippen molar-refractivity contribution in [3.63, 3.8) is 0 Å². The molecule has 0 unspecified atom stereocenters. The molecule has 1 heterocycles. The summed E-state index contributed by atoms with van der Waals surface area (Å²) in [5, 5.41) is -0.0434. The Balaban J connectivity index is 1.80. The molecule has 0 saturated carbocycles. The molecule has 2 aromatic carbocycles. The summed E-state index contributed by atoms with van der Waals surface area (Å²) in [6, 6.07) is 13.9. The Morgan fingerprint density at radius 1 is 1.15 bits per heavy atom. The summed E-state index contributed by atoms with van der Waals surface area (Å²) in [4.78, 5) is 15.1. The van der Waals surface area contributed by atoms with Crippen molar-refractivity contribution >= 4 is 17.7 Å². The van der Waals surface area contributed by atoms with Crippen LogP contribution in [0.2, 0.25) is 0 Å². The Labute approximate surface area is 165 Å². The van der Waals surface area contributed by atoms with E-state index in [2.05, 4.69) is 19.1 Å². The van der Waals surface area contributed by atoms with Crippen LogP contribution in [0.25, 0.3) is 0 Å². The molecule has 1 fully saturated rings. The third kappa shape index (κ3) is 4.41. The van der Waals surface area contributed by atoms with Crippen molar-refractivity contribution in [2.45, 2.75) is 31.6 Å². The first kappa shape index (κ1) is 19.6. The van der Waals surface area contributed by atoms with Gasteiger partial charge in [-0.15, -0.1) is 11.8 Å². The summed E-state index contributed by atoms with van der Waals surface area (Å²) < 4.78 is 10.8. The smallest absolute Gasteiger partial charge is 0.255 e. The largest absolute Gasteiger partial charge is 0.497 e. The lowest BCUT2D eigenvalue weighted by Gasteiger charge is -2.26. The van der Waals surface area contributed by atoms with Gasteiger partial charge in [-0.2, -0.15) is 0 Å². The van der Waals surface area contributed by atoms with E-state index in [4.69, 9.17) is 9.47 Å². The highest BCUT2D eigenvalue weighted by molar-refractivity contribution is 7.99. The third-order valence-corrected chi connectivity index (χ3v) is 6.12. The third-order valence-electron chi connectivity index (χ3n) is 4.88. The van der Waals surface area contributed by atoms with Gasteiger partial charge in [0.15, 0.2) is 0 Å². The van der Waals surface area contributed by atoms with Crippen molar-refractivity contribution < 1.29 is 14.3 Å². The molecule has 1 aliphatic rings. The van der Waals surface area contributed by atoms with E-state index in [9.17, 15) is 4.79 Å². The van der Waals surface area contributed by atoms with Gasteiger partial charge in [0, 0.05) is 29.5 Å². The van der Waals surface area contributed by atoms with Crippen molar-refractivity contribution in [3.8, 4) is 11.5 Å². The SMILES string of the molecule is CCCCc1ccc(C(=O)N2CCS[C@H]2c2ccc(OC)cc2OC)cc1. The van der Waals surface area contributed by atoms with Crippen LogP contribution in [0.15, 0.2) is 42.5 Å². The number of methoxy groups -OCH3 is 2. The first-order valence-corrected chi connectivity index (χ1v) is 10.5. The molecule has 0 aromatic heterocycles. The fourth-order valence-corrected chi connectivity index (χ4v) is 4.60. The van der Waals surface area contributed by atoms with E-state index >= 15 is 0 Å². The summed E-state index contributed by atoms with van der Waals surface area (Å²) >= 11 is 1.77. The molecule has 0 radical (unpaired) electrons. The fourth-order valence-electron chi connectivity index (χ4n) is 3.32. The highest BCUT2D eigenvalue weighted by Gasteiger charge is 2.33. The minimum absolute atomic E-state index is 0.0434. The molecule has 1 amide bonds. The maximum atomic E-state index is 13.1. The number of carbonyl (C=O) groups is 1. The minimum atomic E-state index is -0.0434. The summed E-state index contributed by atoms with van der Waals surface area (Å²) in [7, 11) is 3.29. The van der Waals surface area contributed by atoms with Crippen LogP contribution < -0.4 is 9.47 Å². The van der Waals surface area contributed by atoms with E-state index in [0.717, 1.165) is 41.3 Å². The lowest BCUT2D eigenvalue weighted by molar-refractivity contribution is 0.0759. The molecule has 1 atom stereocenters. The molecule has 0 bridgehead atoms. The summed E-state index contributed by atoms with van der Waals surface area (Å²) in [6.07, 6.45) is 3.42. The minimum Gasteiger partial charge on any atom is -0.497 e. The number of nitrogens with zero attached hydrogens (tertiary/aromatic N) is 1. The number of carbonyl (C=O) groups excluding carboxylic acids is 1. The van der Waals surface area contributed by atoms with Crippen LogP contribution in [0, 0.1) is 0 Å². The van der Waals surface area contributed by atoms with E-state index < -0.39 is 0 Å². The maximum absolute atomic E-state index is 13.1. The van der Waals surface area contributed by atoms with E-state index in [-0.39, 0.29) is 11.3 Å². The van der Waals surface area contributed by atoms with Crippen molar-refractivity contribution in [1.29, 1.82) is 0 Å². The van der Waals surface area contributed by atoms with Gasteiger partial charge >= 0.3 is 0 Å². The molecular weight excluding hydrogens is 358 g/mol. The molecule has 4 nitrogen and oxygen atoms in total. The van der Waals surface area contributed by atoms with Crippen LogP contribution in [-0.2, 0) is 6.42 Å². The zero-order valence-electron chi connectivity index (χ0n) is 16.2. The quantitative estimate of drug-likeness (QED) is 0.677. The second-order valence-corrected chi connectivity index (χ2v) is 7.82. The predicted octanol–water partition coefficient (Wildman–Crippen LogP) is 4.93. The van der Waals surface area contributed by atoms with Gasteiger partial charge in [0.25, 0.3) is 5.91 Å². The lowest BCUT2D eigenvalue weighted by Crippen LogP contribution is -2.30. The van der Waals surface area contributed by atoms with Gasteiger partial charge in [-0.05, 0) is 42.7 Å². The van der Waals surface area contributed by atoms with Gasteiger partial charge < -0.3 is 14.4 Å². The average molecular weight is 386 g/mol. The van der Waals surface area contributed by atoms with Gasteiger partial charge in [-0.1, -0.05) is 25.5 Å². The van der Waals surface area contributed by atoms with E-state index in [1.54, 1.807) is 26.0 Å². The maximum Gasteiger partial charge on any atom is 0.255 e. The Morgan fingerprint density at radius 2 is 1.93 bits per heavy atom. The van der Waals surface area contributed by atoms with Crippen LogP contribution >= 0.6 is 11.8 Å². The molecule has 0 spiro atoms. The number of benzene rings is 2. The topological polar surface area (TPSA) is 38.8 Å². The molecule has 0 aliphatic carbocycles. The summed E-state index contributed by atoms with van der Waals surface area (Å²) in [5.41, 5.74) is 3.04. The number of unbranched alkanes of at least 4 members (excludes halogenated alkanes) is 1. The molecule has 27 heavy (non-hydrogen) atoms. The number of ether oxygens (including phenoxy) is 2. The summed E-state index contributed by atoms with van der Waals surface area (Å²) in [5.74, 6) is 2.49. The number of aryl methyl sites for hydroxylation is 1. The van der Waals surface area contributed by atoms with Gasteiger partial charge in [0.1, 0.15) is 16.9 Å². The molecule has 144 valence electrons. The van der Waals surface area contributed by atoms with Crippen molar-refractivity contribution in [2.75, 3.05) is 26.5 Å². The number of hydrogen-bond acceptors (Lipinski definition) is 4. The first-order chi connectivity index (χ1) is 13.2. The second-order valence-electron chi connectivity index (χ2n) is 6.63. The van der Waals surface area contributed by atoms with Crippen LogP contribution in [-0.4, -0.2) is 37.3 Å². The van der Waals surface area contributed by atoms with E-state index in [1.807, 2.05) is 35.2 Å². The molecule has 2 aromatic rings. The monoisotopic (exact) mass is 385 g/mol. The van der Waals surface area contributed by atoms with Gasteiger partial charge in [0.05, 0.1) is 14.2 Å². The van der Waals surface area contributed by atoms with Crippen LogP contribution in [0.1, 0.15) is 46.6 Å². The highest BCUT2D eigenvalue weighted by Crippen LogP contribution is 2.43. The average Bonchev–Trinajstić information content (AvgIpc) is 3.21. The Hall–Kier alpha value is -2.14. The molecule has 5 heteroatoms. The van der Waals surface area contributed by atoms with Gasteiger partial charge in [-0.3, -0.25) is 4.79 Å². The van der Waals surface area contributed by atoms with Crippen LogP contribution in [0.3, 0.4) is 0 Å². The number of amides is 1. The fraction of sp³-hybridized carbons (Fsp3) is 0.409. The Morgan fingerprint density at radius 3 is 2.59 bits per heavy atom. The van der Waals surface area contributed by atoms with Crippen molar-refractivity contribution in [1.82, 2.24) is 4.90 Å². The molecular formula is C22H27NO3S. The zero-order chi connectivity index (χ0) is 19.2. The second kappa shape index (κ2) is 9.18.